The van der Waals surface area contributed by atoms with Crippen molar-refractivity contribution in [3.8, 4) is 0 Å². The molecule has 3 nitrogen and oxygen atoms in total. The lowest BCUT2D eigenvalue weighted by Crippen LogP contribution is -2.48. The molecule has 1 N–H and O–H groups in total. The Morgan fingerprint density at radius 3 is 2.57 bits per heavy atom. The number of nitrogens with zero attached hydrogens (tertiary/aromatic N) is 1. The number of morpholine rings is 1. The van der Waals surface area contributed by atoms with E-state index in [0.717, 1.165) is 45.3 Å². The molecule has 1 aromatic rings. The molecule has 1 fully saturated rings. The topological polar surface area (TPSA) is 24.5 Å². The summed E-state index contributed by atoms with van der Waals surface area (Å²) in [5.41, 5.74) is 2.78. The van der Waals surface area contributed by atoms with Crippen LogP contribution in [0.3, 0.4) is 0 Å². The number of benzene rings is 1. The summed E-state index contributed by atoms with van der Waals surface area (Å²) in [6.07, 6.45) is 1.25. The number of aryl methyl sites for hydroxylation is 1. The molecule has 0 spiro atoms. The van der Waals surface area contributed by atoms with Gasteiger partial charge in [-0.3, -0.25) is 4.90 Å². The van der Waals surface area contributed by atoms with Crippen LogP contribution in [0.25, 0.3) is 0 Å². The number of rotatable bonds is 7. The van der Waals surface area contributed by atoms with Crippen molar-refractivity contribution in [2.45, 2.75) is 39.8 Å². The van der Waals surface area contributed by atoms with Crippen LogP contribution in [0.1, 0.15) is 31.4 Å². The van der Waals surface area contributed by atoms with Gasteiger partial charge in [-0.1, -0.05) is 38.1 Å². The molecule has 118 valence electrons. The third-order valence-electron chi connectivity index (χ3n) is 4.26. The summed E-state index contributed by atoms with van der Waals surface area (Å²) in [5, 5.41) is 3.66. The van der Waals surface area contributed by atoms with Gasteiger partial charge >= 0.3 is 0 Å². The number of hydrogen-bond acceptors (Lipinski definition) is 3. The molecule has 3 heteroatoms. The van der Waals surface area contributed by atoms with Gasteiger partial charge in [0.1, 0.15) is 0 Å². The van der Waals surface area contributed by atoms with Crippen molar-refractivity contribution < 1.29 is 4.74 Å². The second kappa shape index (κ2) is 8.52. The van der Waals surface area contributed by atoms with Crippen molar-refractivity contribution in [1.29, 1.82) is 0 Å². The molecule has 0 aromatic heterocycles. The van der Waals surface area contributed by atoms with E-state index in [4.69, 9.17) is 4.74 Å². The van der Waals surface area contributed by atoms with E-state index in [2.05, 4.69) is 55.3 Å². The number of hydrogen-bond donors (Lipinski definition) is 1. The van der Waals surface area contributed by atoms with Gasteiger partial charge in [-0.05, 0) is 30.4 Å². The van der Waals surface area contributed by atoms with Crippen molar-refractivity contribution in [1.82, 2.24) is 10.2 Å². The first kappa shape index (κ1) is 16.5. The maximum absolute atomic E-state index is 5.48. The lowest BCUT2D eigenvalue weighted by atomic mass is 10.0. The minimum Gasteiger partial charge on any atom is -0.379 e. The Bertz CT molecular complexity index is 413. The molecule has 1 saturated heterocycles. The zero-order valence-corrected chi connectivity index (χ0v) is 13.8. The summed E-state index contributed by atoms with van der Waals surface area (Å²) in [5.74, 6) is 0.734. The largest absolute Gasteiger partial charge is 0.379 e. The van der Waals surface area contributed by atoms with E-state index >= 15 is 0 Å². The third kappa shape index (κ3) is 5.42. The van der Waals surface area contributed by atoms with Crippen LogP contribution in [0.5, 0.6) is 0 Å². The zero-order chi connectivity index (χ0) is 15.1. The van der Waals surface area contributed by atoms with E-state index in [1.807, 2.05) is 0 Å². The predicted octanol–water partition coefficient (Wildman–Crippen LogP) is 2.83. The van der Waals surface area contributed by atoms with E-state index in [0.29, 0.717) is 6.04 Å². The van der Waals surface area contributed by atoms with E-state index < -0.39 is 0 Å². The van der Waals surface area contributed by atoms with E-state index in [1.54, 1.807) is 0 Å². The minimum absolute atomic E-state index is 0.623. The van der Waals surface area contributed by atoms with Gasteiger partial charge in [-0.25, -0.2) is 0 Å². The molecule has 1 heterocycles. The van der Waals surface area contributed by atoms with Gasteiger partial charge in [-0.15, -0.1) is 0 Å². The highest BCUT2D eigenvalue weighted by molar-refractivity contribution is 5.25. The first-order valence-electron chi connectivity index (χ1n) is 8.24. The highest BCUT2D eigenvalue weighted by Crippen LogP contribution is 2.13. The van der Waals surface area contributed by atoms with Crippen LogP contribution in [0, 0.1) is 12.8 Å². The summed E-state index contributed by atoms with van der Waals surface area (Å²) < 4.78 is 5.48. The molecule has 1 atom stereocenters. The normalized spacial score (nSPS) is 18.1. The summed E-state index contributed by atoms with van der Waals surface area (Å²) in [4.78, 5) is 2.59. The first-order chi connectivity index (χ1) is 10.2. The van der Waals surface area contributed by atoms with Crippen LogP contribution in [0.4, 0.5) is 0 Å². The average Bonchev–Trinajstić information content (AvgIpc) is 2.49. The predicted molar refractivity (Wildman–Crippen MR) is 88.5 cm³/mol. The number of ether oxygens (including phenoxy) is 1. The number of nitrogens with one attached hydrogen (secondary N) is 1. The van der Waals surface area contributed by atoms with Gasteiger partial charge in [0.25, 0.3) is 0 Å². The van der Waals surface area contributed by atoms with Gasteiger partial charge in [0, 0.05) is 32.2 Å². The fraction of sp³-hybridized carbons (Fsp3) is 0.667. The molecular formula is C18H30N2O. The van der Waals surface area contributed by atoms with Gasteiger partial charge in [0.2, 0.25) is 0 Å². The van der Waals surface area contributed by atoms with E-state index in [9.17, 15) is 0 Å². The van der Waals surface area contributed by atoms with Gasteiger partial charge in [0.15, 0.2) is 0 Å². The molecule has 1 unspecified atom stereocenters. The third-order valence-corrected chi connectivity index (χ3v) is 4.26. The smallest absolute Gasteiger partial charge is 0.0594 e. The van der Waals surface area contributed by atoms with Crippen molar-refractivity contribution >= 4 is 0 Å². The van der Waals surface area contributed by atoms with Gasteiger partial charge < -0.3 is 10.1 Å². The minimum atomic E-state index is 0.623. The van der Waals surface area contributed by atoms with Crippen LogP contribution in [-0.4, -0.2) is 43.8 Å². The van der Waals surface area contributed by atoms with Crippen LogP contribution in [0.15, 0.2) is 24.3 Å². The average molecular weight is 290 g/mol. The highest BCUT2D eigenvalue weighted by atomic mass is 16.5. The Labute approximate surface area is 129 Å². The van der Waals surface area contributed by atoms with Crippen LogP contribution in [0.2, 0.25) is 0 Å². The quantitative estimate of drug-likeness (QED) is 0.836. The first-order valence-corrected chi connectivity index (χ1v) is 8.24. The molecular weight excluding hydrogens is 260 g/mol. The van der Waals surface area contributed by atoms with Crippen molar-refractivity contribution in [3.63, 3.8) is 0 Å². The molecule has 1 aliphatic rings. The molecule has 1 aliphatic heterocycles. The molecule has 0 saturated carbocycles. The van der Waals surface area contributed by atoms with Crippen molar-refractivity contribution in [2.75, 3.05) is 32.8 Å². The van der Waals surface area contributed by atoms with Crippen LogP contribution >= 0.6 is 0 Å². The Hall–Kier alpha value is -0.900. The summed E-state index contributed by atoms with van der Waals surface area (Å²) in [7, 11) is 0. The summed E-state index contributed by atoms with van der Waals surface area (Å²) in [6, 6.07) is 9.25. The monoisotopic (exact) mass is 290 g/mol. The second-order valence-electron chi connectivity index (χ2n) is 6.49. The molecule has 0 bridgehead atoms. The van der Waals surface area contributed by atoms with Crippen molar-refractivity contribution in [3.05, 3.63) is 35.4 Å². The van der Waals surface area contributed by atoms with E-state index in [-0.39, 0.29) is 0 Å². The van der Waals surface area contributed by atoms with E-state index in [1.165, 1.54) is 17.5 Å². The molecule has 1 aromatic carbocycles. The Morgan fingerprint density at radius 2 is 1.90 bits per heavy atom. The Morgan fingerprint density at radius 1 is 1.19 bits per heavy atom. The van der Waals surface area contributed by atoms with Gasteiger partial charge in [0.05, 0.1) is 13.2 Å². The van der Waals surface area contributed by atoms with Crippen LogP contribution in [-0.2, 0) is 11.3 Å². The molecule has 21 heavy (non-hydrogen) atoms. The fourth-order valence-electron chi connectivity index (χ4n) is 3.03. The highest BCUT2D eigenvalue weighted by Gasteiger charge is 2.21. The van der Waals surface area contributed by atoms with Crippen LogP contribution < -0.4 is 5.32 Å². The van der Waals surface area contributed by atoms with Gasteiger partial charge in [-0.2, -0.15) is 0 Å². The Balaban J connectivity index is 1.85. The maximum atomic E-state index is 5.48. The second-order valence-corrected chi connectivity index (χ2v) is 6.49. The summed E-state index contributed by atoms with van der Waals surface area (Å²) >= 11 is 0. The molecule has 0 radical (unpaired) electrons. The Kier molecular flexibility index (Phi) is 6.68. The molecule has 0 aliphatic carbocycles. The van der Waals surface area contributed by atoms with Crippen molar-refractivity contribution in [2.24, 2.45) is 5.92 Å². The lowest BCUT2D eigenvalue weighted by molar-refractivity contribution is 0.0123. The molecule has 2 rings (SSSR count). The fourth-order valence-corrected chi connectivity index (χ4v) is 3.03. The molecule has 0 amide bonds. The maximum Gasteiger partial charge on any atom is 0.0594 e. The SMILES string of the molecule is Cc1ccccc1CNCC(CC(C)C)N1CCOCC1. The standard InChI is InChI=1S/C18H30N2O/c1-15(2)12-18(20-8-10-21-11-9-20)14-19-13-17-7-5-4-6-16(17)3/h4-7,15,18-19H,8-14H2,1-3H3. The zero-order valence-electron chi connectivity index (χ0n) is 13.8. The summed E-state index contributed by atoms with van der Waals surface area (Å²) in [6.45, 7) is 12.7. The lowest BCUT2D eigenvalue weighted by Gasteiger charge is -2.35.